The van der Waals surface area contributed by atoms with Crippen molar-refractivity contribution in [3.05, 3.63) is 65.7 Å². The second-order valence-corrected chi connectivity index (χ2v) is 5.82. The van der Waals surface area contributed by atoms with Crippen LogP contribution in [0.5, 0.6) is 0 Å². The molecule has 0 bridgehead atoms. The number of pyridine rings is 1. The zero-order chi connectivity index (χ0) is 16.9. The Hall–Kier alpha value is -2.47. The normalized spacial score (nSPS) is 18.9. The number of hydrogen-bond donors (Lipinski definition) is 1. The number of rotatable bonds is 3. The summed E-state index contributed by atoms with van der Waals surface area (Å²) in [5.74, 6) is -0.303. The first kappa shape index (κ1) is 16.4. The fraction of sp³-hybridized carbons (Fsp3) is 0.333. The van der Waals surface area contributed by atoms with E-state index >= 15 is 0 Å². The highest BCUT2D eigenvalue weighted by atomic mass is 19.1. The number of aromatic nitrogens is 1. The molecule has 1 aromatic carbocycles. The monoisotopic (exact) mass is 329 g/mol. The molecule has 24 heavy (non-hydrogen) atoms. The van der Waals surface area contributed by atoms with Crippen molar-refractivity contribution in [2.75, 3.05) is 19.7 Å². The van der Waals surface area contributed by atoms with Gasteiger partial charge in [-0.15, -0.1) is 0 Å². The van der Waals surface area contributed by atoms with Crippen molar-refractivity contribution in [1.29, 1.82) is 0 Å². The Kier molecular flexibility index (Phi) is 5.05. The SMILES string of the molecule is C[C@H](NC(=O)N1CCO[C@@H](c2cccc(F)c2)C1)c1cccnc1. The van der Waals surface area contributed by atoms with Crippen LogP contribution in [0.25, 0.3) is 0 Å². The standard InChI is InChI=1S/C18H20FN3O2/c1-13(15-5-3-7-20-11-15)21-18(23)22-8-9-24-17(12-22)14-4-2-6-16(19)10-14/h2-7,10-11,13,17H,8-9,12H2,1H3,(H,21,23)/t13-,17+/m0/s1. The van der Waals surface area contributed by atoms with Crippen molar-refractivity contribution in [1.82, 2.24) is 15.2 Å². The van der Waals surface area contributed by atoms with Crippen LogP contribution >= 0.6 is 0 Å². The molecule has 1 aliphatic heterocycles. The molecule has 126 valence electrons. The molecule has 0 aliphatic carbocycles. The number of amides is 2. The average molecular weight is 329 g/mol. The molecule has 6 heteroatoms. The van der Waals surface area contributed by atoms with Crippen LogP contribution in [0, 0.1) is 5.82 Å². The molecular formula is C18H20FN3O2. The maximum absolute atomic E-state index is 13.4. The smallest absolute Gasteiger partial charge is 0.318 e. The maximum Gasteiger partial charge on any atom is 0.318 e. The summed E-state index contributed by atoms with van der Waals surface area (Å²) in [4.78, 5) is 18.3. The van der Waals surface area contributed by atoms with Crippen LogP contribution in [-0.4, -0.2) is 35.6 Å². The van der Waals surface area contributed by atoms with E-state index in [2.05, 4.69) is 10.3 Å². The first-order valence-corrected chi connectivity index (χ1v) is 7.96. The summed E-state index contributed by atoms with van der Waals surface area (Å²) in [6.07, 6.45) is 3.12. The number of halogens is 1. The Balaban J connectivity index is 1.63. The lowest BCUT2D eigenvalue weighted by Crippen LogP contribution is -2.47. The Labute approximate surface area is 140 Å². The van der Waals surface area contributed by atoms with Crippen molar-refractivity contribution in [3.63, 3.8) is 0 Å². The molecule has 0 saturated carbocycles. The first-order chi connectivity index (χ1) is 11.6. The van der Waals surface area contributed by atoms with Gasteiger partial charge in [0.05, 0.1) is 19.2 Å². The highest BCUT2D eigenvalue weighted by molar-refractivity contribution is 5.74. The van der Waals surface area contributed by atoms with Crippen molar-refractivity contribution in [3.8, 4) is 0 Å². The van der Waals surface area contributed by atoms with Gasteiger partial charge in [-0.2, -0.15) is 0 Å². The van der Waals surface area contributed by atoms with E-state index < -0.39 is 0 Å². The van der Waals surface area contributed by atoms with Crippen molar-refractivity contribution < 1.29 is 13.9 Å². The van der Waals surface area contributed by atoms with Gasteiger partial charge in [-0.3, -0.25) is 4.98 Å². The van der Waals surface area contributed by atoms with Gasteiger partial charge < -0.3 is 15.0 Å². The third kappa shape index (κ3) is 3.89. The number of nitrogens with one attached hydrogen (secondary N) is 1. The van der Waals surface area contributed by atoms with Gasteiger partial charge in [-0.05, 0) is 36.2 Å². The number of carbonyl (C=O) groups is 1. The predicted molar refractivity (Wildman–Crippen MR) is 87.8 cm³/mol. The van der Waals surface area contributed by atoms with E-state index in [-0.39, 0.29) is 24.0 Å². The van der Waals surface area contributed by atoms with E-state index in [1.54, 1.807) is 23.4 Å². The number of carbonyl (C=O) groups excluding carboxylic acids is 1. The topological polar surface area (TPSA) is 54.5 Å². The lowest BCUT2D eigenvalue weighted by molar-refractivity contribution is -0.0158. The van der Waals surface area contributed by atoms with Crippen LogP contribution < -0.4 is 5.32 Å². The molecule has 1 aromatic heterocycles. The largest absolute Gasteiger partial charge is 0.370 e. The van der Waals surface area contributed by atoms with Crippen LogP contribution in [0.3, 0.4) is 0 Å². The summed E-state index contributed by atoms with van der Waals surface area (Å²) in [7, 11) is 0. The summed E-state index contributed by atoms with van der Waals surface area (Å²) in [5.41, 5.74) is 1.69. The molecule has 5 nitrogen and oxygen atoms in total. The van der Waals surface area contributed by atoms with Gasteiger partial charge in [0.1, 0.15) is 11.9 Å². The zero-order valence-electron chi connectivity index (χ0n) is 13.5. The summed E-state index contributed by atoms with van der Waals surface area (Å²) in [5, 5.41) is 2.97. The third-order valence-corrected chi connectivity index (χ3v) is 4.10. The van der Waals surface area contributed by atoms with E-state index in [0.29, 0.717) is 19.7 Å². The molecule has 0 radical (unpaired) electrons. The first-order valence-electron chi connectivity index (χ1n) is 7.96. The lowest BCUT2D eigenvalue weighted by atomic mass is 10.1. The number of hydrogen-bond acceptors (Lipinski definition) is 3. The van der Waals surface area contributed by atoms with Gasteiger partial charge in [0.25, 0.3) is 0 Å². The van der Waals surface area contributed by atoms with Gasteiger partial charge in [0.2, 0.25) is 0 Å². The average Bonchev–Trinajstić information content (AvgIpc) is 2.62. The minimum atomic E-state index is -0.311. The summed E-state index contributed by atoms with van der Waals surface area (Å²) in [6, 6.07) is 9.78. The number of nitrogens with zero attached hydrogens (tertiary/aromatic N) is 2. The molecule has 1 saturated heterocycles. The number of benzene rings is 1. The van der Waals surface area contributed by atoms with Crippen LogP contribution in [0.4, 0.5) is 9.18 Å². The van der Waals surface area contributed by atoms with Crippen LogP contribution in [0.2, 0.25) is 0 Å². The molecule has 1 N–H and O–H groups in total. The molecule has 2 atom stereocenters. The van der Waals surface area contributed by atoms with E-state index in [0.717, 1.165) is 11.1 Å². The molecule has 2 amide bonds. The van der Waals surface area contributed by atoms with Gasteiger partial charge in [0.15, 0.2) is 0 Å². The minimum absolute atomic E-state index is 0.137. The highest BCUT2D eigenvalue weighted by Gasteiger charge is 2.26. The van der Waals surface area contributed by atoms with Crippen LogP contribution in [0.15, 0.2) is 48.8 Å². The number of morpholine rings is 1. The Morgan fingerprint density at radius 2 is 2.29 bits per heavy atom. The third-order valence-electron chi connectivity index (χ3n) is 4.10. The molecule has 0 spiro atoms. The minimum Gasteiger partial charge on any atom is -0.370 e. The second-order valence-electron chi connectivity index (χ2n) is 5.82. The van der Waals surface area contributed by atoms with Gasteiger partial charge in [-0.25, -0.2) is 9.18 Å². The molecule has 2 aromatic rings. The second kappa shape index (κ2) is 7.40. The lowest BCUT2D eigenvalue weighted by Gasteiger charge is -2.34. The summed E-state index contributed by atoms with van der Waals surface area (Å²) in [6.45, 7) is 3.25. The van der Waals surface area contributed by atoms with E-state index in [1.807, 2.05) is 25.1 Å². The fourth-order valence-corrected chi connectivity index (χ4v) is 2.73. The Morgan fingerprint density at radius 1 is 1.42 bits per heavy atom. The van der Waals surface area contributed by atoms with Crippen molar-refractivity contribution in [2.45, 2.75) is 19.1 Å². The maximum atomic E-state index is 13.4. The Bertz CT molecular complexity index is 696. The van der Waals surface area contributed by atoms with Gasteiger partial charge >= 0.3 is 6.03 Å². The quantitative estimate of drug-likeness (QED) is 0.941. The summed E-state index contributed by atoms with van der Waals surface area (Å²) < 4.78 is 19.1. The van der Waals surface area contributed by atoms with Crippen molar-refractivity contribution >= 4 is 6.03 Å². The molecular weight excluding hydrogens is 309 g/mol. The van der Waals surface area contributed by atoms with Crippen molar-refractivity contribution in [2.24, 2.45) is 0 Å². The molecule has 1 aliphatic rings. The fourth-order valence-electron chi connectivity index (χ4n) is 2.73. The van der Waals surface area contributed by atoms with Gasteiger partial charge in [0, 0.05) is 18.9 Å². The molecule has 2 heterocycles. The summed E-state index contributed by atoms with van der Waals surface area (Å²) >= 11 is 0. The van der Waals surface area contributed by atoms with E-state index in [9.17, 15) is 9.18 Å². The van der Waals surface area contributed by atoms with Crippen LogP contribution in [-0.2, 0) is 4.74 Å². The zero-order valence-corrected chi connectivity index (χ0v) is 13.5. The molecule has 1 fully saturated rings. The molecule has 0 unspecified atom stereocenters. The highest BCUT2D eigenvalue weighted by Crippen LogP contribution is 2.23. The predicted octanol–water partition coefficient (Wildman–Crippen LogP) is 3.06. The van der Waals surface area contributed by atoms with Gasteiger partial charge in [-0.1, -0.05) is 18.2 Å². The molecule has 3 rings (SSSR count). The van der Waals surface area contributed by atoms with E-state index in [1.165, 1.54) is 12.1 Å². The number of ether oxygens (including phenoxy) is 1. The van der Waals surface area contributed by atoms with E-state index in [4.69, 9.17) is 4.74 Å². The van der Waals surface area contributed by atoms with Crippen LogP contribution in [0.1, 0.15) is 30.2 Å². The Morgan fingerprint density at radius 3 is 3.04 bits per heavy atom. The number of urea groups is 1.